The third-order valence-electron chi connectivity index (χ3n) is 3.21. The van der Waals surface area contributed by atoms with E-state index >= 15 is 0 Å². The van der Waals surface area contributed by atoms with E-state index in [1.807, 2.05) is 5.43 Å². The molecule has 0 aliphatic carbocycles. The van der Waals surface area contributed by atoms with Crippen LogP contribution in [0.25, 0.3) is 0 Å². The van der Waals surface area contributed by atoms with Crippen molar-refractivity contribution in [2.24, 2.45) is 5.84 Å². The molecule has 108 valence electrons. The third-order valence-corrected chi connectivity index (χ3v) is 3.21. The van der Waals surface area contributed by atoms with Gasteiger partial charge in [-0.3, -0.25) is 19.8 Å². The van der Waals surface area contributed by atoms with Crippen molar-refractivity contribution in [3.63, 3.8) is 0 Å². The number of carbonyl (C=O) groups is 3. The van der Waals surface area contributed by atoms with Crippen molar-refractivity contribution in [3.05, 3.63) is 23.2 Å². The molecule has 1 aromatic rings. The second-order valence-electron chi connectivity index (χ2n) is 4.67. The van der Waals surface area contributed by atoms with Gasteiger partial charge in [0.1, 0.15) is 12.3 Å². The number of hydrogen-bond donors (Lipinski definition) is 2. The molecule has 0 aromatic carbocycles. The van der Waals surface area contributed by atoms with Crippen molar-refractivity contribution in [3.8, 4) is 0 Å². The lowest BCUT2D eigenvalue weighted by molar-refractivity contribution is -0.149. The van der Waals surface area contributed by atoms with Gasteiger partial charge in [0.25, 0.3) is 0 Å². The molecule has 2 heterocycles. The highest BCUT2D eigenvalue weighted by Crippen LogP contribution is 2.18. The fourth-order valence-corrected chi connectivity index (χ4v) is 1.97. The maximum atomic E-state index is 11.9. The lowest BCUT2D eigenvalue weighted by atomic mass is 10.2. The lowest BCUT2D eigenvalue weighted by Gasteiger charge is -2.31. The van der Waals surface area contributed by atoms with Crippen molar-refractivity contribution in [2.75, 3.05) is 20.1 Å². The minimum Gasteiger partial charge on any atom is -0.456 e. The molecule has 8 nitrogen and oxygen atoms in total. The SMILES string of the molecule is Cc1oc(C(=O)NN)cc1CN1CC(=O)N(C)CC1=O. The Morgan fingerprint density at radius 2 is 2.10 bits per heavy atom. The minimum atomic E-state index is -0.542. The number of nitrogens with one attached hydrogen (secondary N) is 1. The second kappa shape index (κ2) is 5.33. The standard InChI is InChI=1S/C12H16N4O4/c1-7-8(3-9(20-7)12(19)14-13)4-16-6-10(17)15(2)5-11(16)18/h3H,4-6,13H2,1-2H3,(H,14,19). The topological polar surface area (TPSA) is 109 Å². The summed E-state index contributed by atoms with van der Waals surface area (Å²) in [5, 5.41) is 0. The fourth-order valence-electron chi connectivity index (χ4n) is 1.97. The van der Waals surface area contributed by atoms with E-state index in [1.54, 1.807) is 14.0 Å². The van der Waals surface area contributed by atoms with Crippen LogP contribution < -0.4 is 11.3 Å². The van der Waals surface area contributed by atoms with E-state index in [0.717, 1.165) is 0 Å². The first-order valence-corrected chi connectivity index (χ1v) is 6.04. The first-order chi connectivity index (χ1) is 9.42. The van der Waals surface area contributed by atoms with Gasteiger partial charge in [-0.1, -0.05) is 0 Å². The van der Waals surface area contributed by atoms with Crippen molar-refractivity contribution in [1.82, 2.24) is 15.2 Å². The molecule has 1 fully saturated rings. The number of nitrogens with two attached hydrogens (primary N) is 1. The van der Waals surface area contributed by atoms with Crippen LogP contribution in [0.3, 0.4) is 0 Å². The van der Waals surface area contributed by atoms with Crippen molar-refractivity contribution >= 4 is 17.7 Å². The molecule has 3 N–H and O–H groups in total. The summed E-state index contributed by atoms with van der Waals surface area (Å²) < 4.78 is 5.27. The molecule has 3 amide bonds. The summed E-state index contributed by atoms with van der Waals surface area (Å²) in [6.45, 7) is 2.00. The van der Waals surface area contributed by atoms with E-state index in [-0.39, 0.29) is 37.2 Å². The van der Waals surface area contributed by atoms with Gasteiger partial charge in [0.2, 0.25) is 11.8 Å². The van der Waals surface area contributed by atoms with Crippen LogP contribution in [0.15, 0.2) is 10.5 Å². The van der Waals surface area contributed by atoms with Crippen LogP contribution in [0.1, 0.15) is 21.9 Å². The van der Waals surface area contributed by atoms with Crippen molar-refractivity contribution < 1.29 is 18.8 Å². The van der Waals surface area contributed by atoms with Gasteiger partial charge in [0, 0.05) is 19.2 Å². The number of piperazine rings is 1. The number of hydrogen-bond acceptors (Lipinski definition) is 5. The fraction of sp³-hybridized carbons (Fsp3) is 0.417. The van der Waals surface area contributed by atoms with E-state index < -0.39 is 5.91 Å². The highest BCUT2D eigenvalue weighted by Gasteiger charge is 2.28. The summed E-state index contributed by atoms with van der Waals surface area (Å²) in [4.78, 5) is 37.7. The summed E-state index contributed by atoms with van der Waals surface area (Å²) in [6.07, 6.45) is 0. The van der Waals surface area contributed by atoms with Gasteiger partial charge in [-0.2, -0.15) is 0 Å². The molecule has 0 radical (unpaired) electrons. The Bertz CT molecular complexity index is 566. The van der Waals surface area contributed by atoms with E-state index in [4.69, 9.17) is 10.3 Å². The zero-order valence-electron chi connectivity index (χ0n) is 11.3. The molecule has 20 heavy (non-hydrogen) atoms. The molecule has 1 aliphatic heterocycles. The Morgan fingerprint density at radius 3 is 2.75 bits per heavy atom. The van der Waals surface area contributed by atoms with Crippen LogP contribution in [0, 0.1) is 6.92 Å². The maximum Gasteiger partial charge on any atom is 0.300 e. The first kappa shape index (κ1) is 14.1. The number of nitrogen functional groups attached to an aromatic ring is 1. The predicted octanol–water partition coefficient (Wildman–Crippen LogP) is -1.01. The minimum absolute atomic E-state index is 0.0262. The summed E-state index contributed by atoms with van der Waals surface area (Å²) in [5.41, 5.74) is 2.65. The quantitative estimate of drug-likeness (QED) is 0.419. The second-order valence-corrected chi connectivity index (χ2v) is 4.67. The lowest BCUT2D eigenvalue weighted by Crippen LogP contribution is -2.51. The van der Waals surface area contributed by atoms with Gasteiger partial charge >= 0.3 is 5.91 Å². The molecular weight excluding hydrogens is 264 g/mol. The Balaban J connectivity index is 2.14. The Hall–Kier alpha value is -2.35. The van der Waals surface area contributed by atoms with Gasteiger partial charge in [0.05, 0.1) is 6.54 Å². The molecular formula is C12H16N4O4. The number of likely N-dealkylation sites (N-methyl/N-ethyl adjacent to an activating group) is 1. The number of amides is 3. The largest absolute Gasteiger partial charge is 0.456 e. The predicted molar refractivity (Wildman–Crippen MR) is 68.2 cm³/mol. The van der Waals surface area contributed by atoms with Crippen molar-refractivity contribution in [1.29, 1.82) is 0 Å². The van der Waals surface area contributed by atoms with Gasteiger partial charge in [-0.25, -0.2) is 5.84 Å². The molecule has 1 aromatic heterocycles. The average Bonchev–Trinajstić information content (AvgIpc) is 2.76. The van der Waals surface area contributed by atoms with E-state index in [0.29, 0.717) is 11.3 Å². The normalized spacial score (nSPS) is 15.8. The highest BCUT2D eigenvalue weighted by molar-refractivity contribution is 5.93. The third kappa shape index (κ3) is 2.64. The van der Waals surface area contributed by atoms with Crippen LogP contribution in [-0.4, -0.2) is 47.7 Å². The Kier molecular flexibility index (Phi) is 3.75. The van der Waals surface area contributed by atoms with Gasteiger partial charge in [0.15, 0.2) is 5.76 Å². The van der Waals surface area contributed by atoms with E-state index in [1.165, 1.54) is 15.9 Å². The molecule has 0 unspecified atom stereocenters. The van der Waals surface area contributed by atoms with Crippen LogP contribution >= 0.6 is 0 Å². The first-order valence-electron chi connectivity index (χ1n) is 6.04. The number of furan rings is 1. The zero-order chi connectivity index (χ0) is 14.9. The van der Waals surface area contributed by atoms with Gasteiger partial charge in [-0.15, -0.1) is 0 Å². The molecule has 0 saturated carbocycles. The van der Waals surface area contributed by atoms with E-state index in [9.17, 15) is 14.4 Å². The summed E-state index contributed by atoms with van der Waals surface area (Å²) in [5.74, 6) is 4.82. The van der Waals surface area contributed by atoms with Gasteiger partial charge in [-0.05, 0) is 13.0 Å². The average molecular weight is 280 g/mol. The number of carbonyl (C=O) groups excluding carboxylic acids is 3. The number of rotatable bonds is 3. The summed E-state index contributed by atoms with van der Waals surface area (Å²) in [7, 11) is 1.59. The maximum absolute atomic E-state index is 11.9. The van der Waals surface area contributed by atoms with Crippen LogP contribution in [0.2, 0.25) is 0 Å². The smallest absolute Gasteiger partial charge is 0.300 e. The number of aryl methyl sites for hydroxylation is 1. The Labute approximate surface area is 115 Å². The van der Waals surface area contributed by atoms with E-state index in [2.05, 4.69) is 0 Å². The Morgan fingerprint density at radius 1 is 1.40 bits per heavy atom. The van der Waals surface area contributed by atoms with Crippen LogP contribution in [0.4, 0.5) is 0 Å². The molecule has 0 spiro atoms. The molecule has 1 saturated heterocycles. The molecule has 8 heteroatoms. The van der Waals surface area contributed by atoms with Crippen LogP contribution in [0.5, 0.6) is 0 Å². The number of nitrogens with zero attached hydrogens (tertiary/aromatic N) is 2. The number of hydrazine groups is 1. The zero-order valence-corrected chi connectivity index (χ0v) is 11.3. The molecule has 0 atom stereocenters. The molecule has 0 bridgehead atoms. The molecule has 1 aliphatic rings. The highest BCUT2D eigenvalue weighted by atomic mass is 16.4. The molecule has 2 rings (SSSR count). The van der Waals surface area contributed by atoms with Crippen LogP contribution in [-0.2, 0) is 16.1 Å². The van der Waals surface area contributed by atoms with Gasteiger partial charge < -0.3 is 14.2 Å². The summed E-state index contributed by atoms with van der Waals surface area (Å²) >= 11 is 0. The van der Waals surface area contributed by atoms with Crippen molar-refractivity contribution in [2.45, 2.75) is 13.5 Å². The summed E-state index contributed by atoms with van der Waals surface area (Å²) in [6, 6.07) is 1.52. The monoisotopic (exact) mass is 280 g/mol.